The van der Waals surface area contributed by atoms with E-state index in [0.717, 1.165) is 11.1 Å². The average molecular weight is 301 g/mol. The van der Waals surface area contributed by atoms with Crippen LogP contribution in [0.3, 0.4) is 0 Å². The number of hydrogen-bond donors (Lipinski definition) is 1. The highest BCUT2D eigenvalue weighted by Crippen LogP contribution is 2.10. The van der Waals surface area contributed by atoms with Crippen LogP contribution >= 0.6 is 0 Å². The Morgan fingerprint density at radius 1 is 1.05 bits per heavy atom. The second kappa shape index (κ2) is 7.59. The summed E-state index contributed by atoms with van der Waals surface area (Å²) in [7, 11) is 0. The van der Waals surface area contributed by atoms with Gasteiger partial charge in [0.2, 0.25) is 0 Å². The van der Waals surface area contributed by atoms with Gasteiger partial charge in [0.15, 0.2) is 0 Å². The lowest BCUT2D eigenvalue weighted by Crippen LogP contribution is -2.26. The van der Waals surface area contributed by atoms with Gasteiger partial charge < -0.3 is 10.1 Å². The fourth-order valence-corrected chi connectivity index (χ4v) is 2.05. The smallest absolute Gasteiger partial charge is 0.407 e. The van der Waals surface area contributed by atoms with Crippen LogP contribution in [0.4, 0.5) is 9.18 Å². The minimum atomic E-state index is -0.444. The summed E-state index contributed by atoms with van der Waals surface area (Å²) in [6.07, 6.45) is 0.194. The first-order valence-electron chi connectivity index (χ1n) is 7.26. The molecule has 22 heavy (non-hydrogen) atoms. The van der Waals surface area contributed by atoms with Gasteiger partial charge in [0.25, 0.3) is 0 Å². The van der Waals surface area contributed by atoms with Gasteiger partial charge in [-0.05, 0) is 54.7 Å². The Kier molecular flexibility index (Phi) is 5.53. The zero-order chi connectivity index (χ0) is 15.9. The van der Waals surface area contributed by atoms with Crippen molar-refractivity contribution in [3.8, 4) is 0 Å². The normalized spacial score (nSPS) is 10.3. The quantitative estimate of drug-likeness (QED) is 0.909. The lowest BCUT2D eigenvalue weighted by atomic mass is 10.1. The molecule has 1 amide bonds. The standard InChI is InChI=1S/C18H20FNO2/c1-13-3-4-16(11-14(13)2)12-22-18(21)20-10-9-15-5-7-17(19)8-6-15/h3-8,11H,9-10,12H2,1-2H3,(H,20,21). The monoisotopic (exact) mass is 301 g/mol. The predicted octanol–water partition coefficient (Wildman–Crippen LogP) is 3.91. The van der Waals surface area contributed by atoms with Crippen LogP contribution in [-0.2, 0) is 17.8 Å². The van der Waals surface area contributed by atoms with Crippen molar-refractivity contribution in [3.63, 3.8) is 0 Å². The molecular formula is C18H20FNO2. The molecule has 0 saturated heterocycles. The molecule has 1 N–H and O–H groups in total. The average Bonchev–Trinajstić information content (AvgIpc) is 2.50. The topological polar surface area (TPSA) is 38.3 Å². The summed E-state index contributed by atoms with van der Waals surface area (Å²) in [6, 6.07) is 12.2. The SMILES string of the molecule is Cc1ccc(COC(=O)NCCc2ccc(F)cc2)cc1C. The Labute approximate surface area is 130 Å². The minimum Gasteiger partial charge on any atom is -0.445 e. The van der Waals surface area contributed by atoms with E-state index in [4.69, 9.17) is 4.74 Å². The summed E-state index contributed by atoms with van der Waals surface area (Å²) in [5, 5.41) is 2.69. The third-order valence-electron chi connectivity index (χ3n) is 3.54. The third-order valence-corrected chi connectivity index (χ3v) is 3.54. The highest BCUT2D eigenvalue weighted by atomic mass is 19.1. The van der Waals surface area contributed by atoms with Crippen molar-refractivity contribution in [2.45, 2.75) is 26.9 Å². The van der Waals surface area contributed by atoms with Gasteiger partial charge in [0, 0.05) is 6.54 Å². The molecule has 0 radical (unpaired) electrons. The Hall–Kier alpha value is -2.36. The minimum absolute atomic E-state index is 0.253. The van der Waals surface area contributed by atoms with Gasteiger partial charge in [-0.15, -0.1) is 0 Å². The van der Waals surface area contributed by atoms with E-state index in [-0.39, 0.29) is 12.4 Å². The number of halogens is 1. The first kappa shape index (κ1) is 16.0. The molecule has 0 aliphatic heterocycles. The molecule has 2 aromatic rings. The Morgan fingerprint density at radius 2 is 1.73 bits per heavy atom. The molecule has 2 rings (SSSR count). The van der Waals surface area contributed by atoms with E-state index in [1.807, 2.05) is 32.0 Å². The molecular weight excluding hydrogens is 281 g/mol. The van der Waals surface area contributed by atoms with Crippen molar-refractivity contribution in [2.24, 2.45) is 0 Å². The first-order chi connectivity index (χ1) is 10.5. The maximum atomic E-state index is 12.8. The van der Waals surface area contributed by atoms with E-state index in [0.29, 0.717) is 13.0 Å². The highest BCUT2D eigenvalue weighted by Gasteiger charge is 2.03. The maximum absolute atomic E-state index is 12.8. The fourth-order valence-electron chi connectivity index (χ4n) is 2.05. The van der Waals surface area contributed by atoms with Crippen molar-refractivity contribution in [3.05, 3.63) is 70.5 Å². The Bertz CT molecular complexity index is 638. The number of aryl methyl sites for hydroxylation is 2. The Balaban J connectivity index is 1.71. The predicted molar refractivity (Wildman–Crippen MR) is 84.2 cm³/mol. The summed E-state index contributed by atoms with van der Waals surface area (Å²) in [4.78, 5) is 11.6. The molecule has 0 aliphatic rings. The molecule has 0 atom stereocenters. The van der Waals surface area contributed by atoms with Gasteiger partial charge >= 0.3 is 6.09 Å². The molecule has 0 aliphatic carbocycles. The zero-order valence-electron chi connectivity index (χ0n) is 12.9. The number of benzene rings is 2. The lowest BCUT2D eigenvalue weighted by molar-refractivity contribution is 0.140. The van der Waals surface area contributed by atoms with Crippen LogP contribution in [0.5, 0.6) is 0 Å². The van der Waals surface area contributed by atoms with E-state index >= 15 is 0 Å². The summed E-state index contributed by atoms with van der Waals surface area (Å²) < 4.78 is 17.9. The number of alkyl carbamates (subject to hydrolysis) is 1. The van der Waals surface area contributed by atoms with Gasteiger partial charge in [-0.1, -0.05) is 30.3 Å². The number of ether oxygens (including phenoxy) is 1. The summed E-state index contributed by atoms with van der Waals surface area (Å²) in [6.45, 7) is 4.78. The van der Waals surface area contributed by atoms with Gasteiger partial charge in [-0.25, -0.2) is 9.18 Å². The van der Waals surface area contributed by atoms with Crippen LogP contribution in [0.2, 0.25) is 0 Å². The fraction of sp³-hybridized carbons (Fsp3) is 0.278. The molecule has 0 aromatic heterocycles. The number of rotatable bonds is 5. The number of carbonyl (C=O) groups is 1. The molecule has 0 fully saturated rings. The molecule has 0 bridgehead atoms. The van der Waals surface area contributed by atoms with Crippen molar-refractivity contribution in [2.75, 3.05) is 6.54 Å². The molecule has 3 nitrogen and oxygen atoms in total. The maximum Gasteiger partial charge on any atom is 0.407 e. The van der Waals surface area contributed by atoms with E-state index in [9.17, 15) is 9.18 Å². The summed E-state index contributed by atoms with van der Waals surface area (Å²) in [5.41, 5.74) is 4.33. The second-order valence-corrected chi connectivity index (χ2v) is 5.30. The van der Waals surface area contributed by atoms with Crippen LogP contribution < -0.4 is 5.32 Å². The zero-order valence-corrected chi connectivity index (χ0v) is 12.9. The molecule has 2 aromatic carbocycles. The van der Waals surface area contributed by atoms with Gasteiger partial charge in [-0.2, -0.15) is 0 Å². The second-order valence-electron chi connectivity index (χ2n) is 5.30. The van der Waals surface area contributed by atoms with Crippen molar-refractivity contribution >= 4 is 6.09 Å². The third kappa shape index (κ3) is 4.88. The van der Waals surface area contributed by atoms with Crippen LogP contribution in [0.15, 0.2) is 42.5 Å². The van der Waals surface area contributed by atoms with Crippen LogP contribution in [0.1, 0.15) is 22.3 Å². The van der Waals surface area contributed by atoms with Gasteiger partial charge in [-0.3, -0.25) is 0 Å². The summed E-state index contributed by atoms with van der Waals surface area (Å²) in [5.74, 6) is -0.260. The van der Waals surface area contributed by atoms with E-state index in [2.05, 4.69) is 5.32 Å². The highest BCUT2D eigenvalue weighted by molar-refractivity contribution is 5.67. The van der Waals surface area contributed by atoms with Gasteiger partial charge in [0.1, 0.15) is 12.4 Å². The van der Waals surface area contributed by atoms with Crippen LogP contribution in [0, 0.1) is 19.7 Å². The van der Waals surface area contributed by atoms with Crippen molar-refractivity contribution in [1.29, 1.82) is 0 Å². The van der Waals surface area contributed by atoms with E-state index < -0.39 is 6.09 Å². The summed E-state index contributed by atoms with van der Waals surface area (Å²) >= 11 is 0. The van der Waals surface area contributed by atoms with E-state index in [1.165, 1.54) is 23.3 Å². The van der Waals surface area contributed by atoms with Crippen molar-refractivity contribution < 1.29 is 13.9 Å². The number of carbonyl (C=O) groups excluding carboxylic acids is 1. The molecule has 0 spiro atoms. The number of amides is 1. The molecule has 116 valence electrons. The van der Waals surface area contributed by atoms with Gasteiger partial charge in [0.05, 0.1) is 0 Å². The van der Waals surface area contributed by atoms with Crippen molar-refractivity contribution in [1.82, 2.24) is 5.32 Å². The van der Waals surface area contributed by atoms with Crippen LogP contribution in [-0.4, -0.2) is 12.6 Å². The Morgan fingerprint density at radius 3 is 2.41 bits per heavy atom. The lowest BCUT2D eigenvalue weighted by Gasteiger charge is -2.08. The first-order valence-corrected chi connectivity index (χ1v) is 7.26. The van der Waals surface area contributed by atoms with E-state index in [1.54, 1.807) is 12.1 Å². The largest absolute Gasteiger partial charge is 0.445 e. The number of nitrogens with one attached hydrogen (secondary N) is 1. The molecule has 0 unspecified atom stereocenters. The molecule has 0 saturated carbocycles. The molecule has 4 heteroatoms. The van der Waals surface area contributed by atoms with Crippen LogP contribution in [0.25, 0.3) is 0 Å². The molecule has 0 heterocycles. The number of hydrogen-bond acceptors (Lipinski definition) is 2.